The van der Waals surface area contributed by atoms with Gasteiger partial charge in [-0.3, -0.25) is 4.57 Å². The van der Waals surface area contributed by atoms with E-state index in [2.05, 4.69) is 199 Å². The van der Waals surface area contributed by atoms with Crippen molar-refractivity contribution in [3.8, 4) is 51.0 Å². The second kappa shape index (κ2) is 14.4. The Labute approximate surface area is 378 Å². The number of benzene rings is 8. The van der Waals surface area contributed by atoms with Crippen molar-refractivity contribution in [3.05, 3.63) is 235 Å². The van der Waals surface area contributed by atoms with Gasteiger partial charge in [0, 0.05) is 44.6 Å². The number of hydrogen-bond acceptors (Lipinski definition) is 4. The predicted molar refractivity (Wildman–Crippen MR) is 267 cm³/mol. The molecule has 0 saturated carbocycles. The molecule has 0 N–H and O–H groups in total. The van der Waals surface area contributed by atoms with Crippen LogP contribution in [0.25, 0.3) is 78.4 Å². The monoisotopic (exact) mass is 833 g/mol. The topological polar surface area (TPSA) is 46.8 Å². The van der Waals surface area contributed by atoms with Gasteiger partial charge in [-0.1, -0.05) is 184 Å². The summed E-state index contributed by atoms with van der Waals surface area (Å²) in [5.74, 6) is 2.02. The lowest BCUT2D eigenvalue weighted by Gasteiger charge is -2.30. The van der Waals surface area contributed by atoms with Crippen LogP contribution in [0, 0.1) is 0 Å². The zero-order valence-electron chi connectivity index (χ0n) is 36.1. The fraction of sp³-hybridized carbons (Fsp3) is 0.0833. The Morgan fingerprint density at radius 2 is 1.09 bits per heavy atom. The van der Waals surface area contributed by atoms with Crippen LogP contribution in [-0.4, -0.2) is 25.6 Å². The molecule has 2 atom stereocenters. The van der Waals surface area contributed by atoms with Gasteiger partial charge in [0.05, 0.1) is 17.1 Å². The van der Waals surface area contributed by atoms with E-state index in [-0.39, 0.29) is 17.4 Å². The Bertz CT molecular complexity index is 3510. The number of allylic oxidation sites excluding steroid dienone is 2. The molecular weight excluding hydrogens is 791 g/mol. The summed E-state index contributed by atoms with van der Waals surface area (Å²) in [6, 6.07) is 69.8. The smallest absolute Gasteiger partial charge is 0.238 e. The van der Waals surface area contributed by atoms with Crippen molar-refractivity contribution in [2.45, 2.75) is 31.2 Å². The number of aromatic nitrogens is 4. The minimum Gasteiger partial charge on any atom is -0.333 e. The van der Waals surface area contributed by atoms with Crippen molar-refractivity contribution in [2.24, 2.45) is 0 Å². The molecule has 5 nitrogen and oxygen atoms in total. The molecule has 0 saturated heterocycles. The Morgan fingerprint density at radius 3 is 1.78 bits per heavy atom. The molecule has 8 aromatic carbocycles. The minimum atomic E-state index is -0.192. The second-order valence-electron chi connectivity index (χ2n) is 18.0. The van der Waals surface area contributed by atoms with Crippen molar-refractivity contribution >= 4 is 38.8 Å². The van der Waals surface area contributed by atoms with Crippen molar-refractivity contribution in [1.82, 2.24) is 19.5 Å². The molecule has 2 aromatic heterocycles. The maximum Gasteiger partial charge on any atom is 0.238 e. The molecule has 0 spiro atoms. The summed E-state index contributed by atoms with van der Waals surface area (Å²) in [4.78, 5) is 18.2. The van der Waals surface area contributed by atoms with Crippen LogP contribution in [-0.2, 0) is 5.41 Å². The Balaban J connectivity index is 1.05. The number of nitrogens with zero attached hydrogens (tertiary/aromatic N) is 5. The summed E-state index contributed by atoms with van der Waals surface area (Å²) < 4.78 is 2.27. The van der Waals surface area contributed by atoms with Gasteiger partial charge in [-0.25, -0.2) is 4.98 Å². The van der Waals surface area contributed by atoms with E-state index in [0.29, 0.717) is 17.6 Å². The van der Waals surface area contributed by atoms with E-state index in [0.717, 1.165) is 38.6 Å². The van der Waals surface area contributed by atoms with Crippen LogP contribution >= 0.6 is 0 Å². The average molecular weight is 834 g/mol. The van der Waals surface area contributed by atoms with E-state index >= 15 is 0 Å². The number of fused-ring (bicyclic) bond motifs is 9. The molecule has 13 rings (SSSR count). The highest BCUT2D eigenvalue weighted by Gasteiger charge is 2.40. The first-order chi connectivity index (χ1) is 32.0. The normalized spacial score (nSPS) is 16.6. The predicted octanol–water partition coefficient (Wildman–Crippen LogP) is 14.5. The lowest BCUT2D eigenvalue weighted by Crippen LogP contribution is -2.28. The van der Waals surface area contributed by atoms with E-state index in [1.54, 1.807) is 0 Å². The van der Waals surface area contributed by atoms with E-state index in [1.807, 2.05) is 36.4 Å². The van der Waals surface area contributed by atoms with Gasteiger partial charge in [0.25, 0.3) is 0 Å². The van der Waals surface area contributed by atoms with Crippen LogP contribution in [0.3, 0.4) is 0 Å². The Kier molecular flexibility index (Phi) is 8.31. The summed E-state index contributed by atoms with van der Waals surface area (Å²) in [7, 11) is 0. The van der Waals surface area contributed by atoms with Gasteiger partial charge < -0.3 is 4.90 Å². The molecule has 0 fully saturated rings. The van der Waals surface area contributed by atoms with E-state index in [4.69, 9.17) is 15.0 Å². The SMILES string of the molecule is CC1(C)c2ccccc2-c2cc3c4cc(N5c6ccc(-c7ccccc7)cc6C6C=C(c7ccccc7)C=CC65)ccc4n(-c4nc(-c5ccccc5)nc(-c5ccccc5)n4)c3cc21. The van der Waals surface area contributed by atoms with Gasteiger partial charge in [0.15, 0.2) is 11.6 Å². The van der Waals surface area contributed by atoms with Crippen LogP contribution in [0.4, 0.5) is 11.4 Å². The average Bonchev–Trinajstić information content (AvgIpc) is 3.95. The number of hydrogen-bond donors (Lipinski definition) is 0. The largest absolute Gasteiger partial charge is 0.333 e. The molecule has 10 aromatic rings. The molecule has 0 amide bonds. The van der Waals surface area contributed by atoms with Crippen molar-refractivity contribution in [2.75, 3.05) is 4.90 Å². The van der Waals surface area contributed by atoms with Gasteiger partial charge in [0.2, 0.25) is 5.95 Å². The maximum atomic E-state index is 5.30. The highest BCUT2D eigenvalue weighted by molar-refractivity contribution is 6.12. The molecule has 3 aliphatic rings. The van der Waals surface area contributed by atoms with Crippen LogP contribution < -0.4 is 4.90 Å². The van der Waals surface area contributed by atoms with Gasteiger partial charge in [0.1, 0.15) is 0 Å². The van der Waals surface area contributed by atoms with E-state index in [9.17, 15) is 0 Å². The molecule has 2 unspecified atom stereocenters. The maximum absolute atomic E-state index is 5.30. The Hall–Kier alpha value is -8.15. The standard InChI is InChI=1S/C60H43N5/c1-60(2)51-26-16-15-25-45(51)46-36-50-49-35-44(64-53-30-27-42(38-17-7-3-8-18-38)33-47(53)48-34-43(28-31-54(48)64)39-19-9-4-10-20-39)29-32-55(49)65(56(50)37-52(46)60)59-62-57(40-21-11-5-12-22-40)61-58(63-59)41-23-13-6-14-24-41/h3-37,47,53H,1-2H3. The molecule has 1 aliphatic heterocycles. The lowest BCUT2D eigenvalue weighted by molar-refractivity contribution is 0.661. The first-order valence-electron chi connectivity index (χ1n) is 22.5. The summed E-state index contributed by atoms with van der Waals surface area (Å²) in [5, 5.41) is 2.31. The lowest BCUT2D eigenvalue weighted by atomic mass is 9.82. The van der Waals surface area contributed by atoms with Gasteiger partial charge in [-0.15, -0.1) is 0 Å². The first-order valence-corrected chi connectivity index (χ1v) is 22.5. The summed E-state index contributed by atoms with van der Waals surface area (Å²) in [5.41, 5.74) is 17.7. The number of anilines is 2. The molecule has 5 heteroatoms. The van der Waals surface area contributed by atoms with Gasteiger partial charge >= 0.3 is 0 Å². The molecule has 0 bridgehead atoms. The van der Waals surface area contributed by atoms with Crippen molar-refractivity contribution < 1.29 is 0 Å². The van der Waals surface area contributed by atoms with Crippen LogP contribution in [0.5, 0.6) is 0 Å². The zero-order valence-corrected chi connectivity index (χ0v) is 36.1. The summed E-state index contributed by atoms with van der Waals surface area (Å²) >= 11 is 0. The third kappa shape index (κ3) is 5.89. The minimum absolute atomic E-state index is 0.0941. The first kappa shape index (κ1) is 37.4. The fourth-order valence-electron chi connectivity index (χ4n) is 10.8. The van der Waals surface area contributed by atoms with Gasteiger partial charge in [-0.2, -0.15) is 9.97 Å². The molecule has 3 heterocycles. The van der Waals surface area contributed by atoms with Crippen molar-refractivity contribution in [3.63, 3.8) is 0 Å². The third-order valence-corrected chi connectivity index (χ3v) is 14.0. The Morgan fingerprint density at radius 1 is 0.477 bits per heavy atom. The van der Waals surface area contributed by atoms with E-state index < -0.39 is 0 Å². The zero-order chi connectivity index (χ0) is 43.2. The molecule has 0 radical (unpaired) electrons. The fourth-order valence-corrected chi connectivity index (χ4v) is 10.8. The molecule has 65 heavy (non-hydrogen) atoms. The van der Waals surface area contributed by atoms with E-state index in [1.165, 1.54) is 55.8 Å². The molecule has 2 aliphatic carbocycles. The quantitative estimate of drug-likeness (QED) is 0.167. The summed E-state index contributed by atoms with van der Waals surface area (Å²) in [6.45, 7) is 4.69. The highest BCUT2D eigenvalue weighted by atomic mass is 15.2. The second-order valence-corrected chi connectivity index (χ2v) is 18.0. The third-order valence-electron chi connectivity index (χ3n) is 14.0. The molecular formula is C60H43N5. The van der Waals surface area contributed by atoms with Crippen LogP contribution in [0.2, 0.25) is 0 Å². The van der Waals surface area contributed by atoms with Crippen molar-refractivity contribution in [1.29, 1.82) is 0 Å². The number of rotatable bonds is 6. The molecule has 308 valence electrons. The highest BCUT2D eigenvalue weighted by Crippen LogP contribution is 2.53. The van der Waals surface area contributed by atoms with Crippen LogP contribution in [0.15, 0.2) is 212 Å². The van der Waals surface area contributed by atoms with Gasteiger partial charge in [-0.05, 0) is 92.5 Å². The van der Waals surface area contributed by atoms with Crippen LogP contribution in [0.1, 0.15) is 42.0 Å². The summed E-state index contributed by atoms with van der Waals surface area (Å²) in [6.07, 6.45) is 7.21.